The third-order valence-electron chi connectivity index (χ3n) is 5.54. The van der Waals surface area contributed by atoms with Gasteiger partial charge in [-0.3, -0.25) is 14.6 Å². The molecule has 0 saturated carbocycles. The van der Waals surface area contributed by atoms with Gasteiger partial charge in [0.25, 0.3) is 5.91 Å². The molecule has 2 aliphatic rings. The fraction of sp³-hybridized carbons (Fsp3) is 0.619. The van der Waals surface area contributed by atoms with Crippen LogP contribution in [0.25, 0.3) is 0 Å². The van der Waals surface area contributed by atoms with Crippen LogP contribution >= 0.6 is 0 Å². The van der Waals surface area contributed by atoms with Crippen molar-refractivity contribution in [3.8, 4) is 0 Å². The Bertz CT molecular complexity index is 651. The quantitative estimate of drug-likeness (QED) is 0.748. The van der Waals surface area contributed by atoms with Gasteiger partial charge in [0.1, 0.15) is 6.04 Å². The van der Waals surface area contributed by atoms with Gasteiger partial charge in [-0.05, 0) is 23.5 Å². The molecule has 3 rings (SSSR count). The molecule has 0 aromatic heterocycles. The van der Waals surface area contributed by atoms with Crippen molar-refractivity contribution in [1.82, 2.24) is 20.0 Å². The largest absolute Gasteiger partial charge is 0.326 e. The number of hydrogen-bond acceptors (Lipinski definition) is 4. The molecule has 0 bridgehead atoms. The Balaban J connectivity index is 1.46. The molecule has 6 heteroatoms. The predicted octanol–water partition coefficient (Wildman–Crippen LogP) is 2.61. The van der Waals surface area contributed by atoms with Crippen LogP contribution in [-0.2, 0) is 11.3 Å². The van der Waals surface area contributed by atoms with Gasteiger partial charge in [0.2, 0.25) is 0 Å². The zero-order valence-electron chi connectivity index (χ0n) is 16.8. The Kier molecular flexibility index (Phi) is 6.50. The van der Waals surface area contributed by atoms with E-state index in [-0.39, 0.29) is 18.0 Å². The Hall–Kier alpha value is -1.92. The van der Waals surface area contributed by atoms with Gasteiger partial charge in [-0.1, -0.05) is 51.5 Å². The Morgan fingerprint density at radius 2 is 1.67 bits per heavy atom. The highest BCUT2D eigenvalue weighted by Crippen LogP contribution is 2.17. The van der Waals surface area contributed by atoms with Crippen molar-refractivity contribution in [2.45, 2.75) is 52.1 Å². The minimum Gasteiger partial charge on any atom is -0.326 e. The van der Waals surface area contributed by atoms with E-state index in [9.17, 15) is 9.59 Å². The highest BCUT2D eigenvalue weighted by atomic mass is 16.2. The Morgan fingerprint density at radius 1 is 1.04 bits per heavy atom. The second kappa shape index (κ2) is 8.85. The molecule has 1 aromatic carbocycles. The van der Waals surface area contributed by atoms with E-state index < -0.39 is 0 Å². The van der Waals surface area contributed by atoms with E-state index >= 15 is 0 Å². The van der Waals surface area contributed by atoms with Gasteiger partial charge < -0.3 is 5.32 Å². The van der Waals surface area contributed by atoms with Crippen molar-refractivity contribution in [3.63, 3.8) is 0 Å². The Morgan fingerprint density at radius 3 is 2.26 bits per heavy atom. The first kappa shape index (κ1) is 19.8. The Labute approximate surface area is 162 Å². The molecule has 2 fully saturated rings. The third kappa shape index (κ3) is 4.87. The first-order chi connectivity index (χ1) is 13.0. The molecule has 1 aromatic rings. The summed E-state index contributed by atoms with van der Waals surface area (Å²) < 4.78 is 0. The topological polar surface area (TPSA) is 55.9 Å². The van der Waals surface area contributed by atoms with Gasteiger partial charge in [-0.25, -0.2) is 9.69 Å². The maximum absolute atomic E-state index is 12.4. The van der Waals surface area contributed by atoms with E-state index in [4.69, 9.17) is 0 Å². The number of benzene rings is 1. The van der Waals surface area contributed by atoms with Crippen LogP contribution in [0.4, 0.5) is 4.79 Å². The molecule has 2 aliphatic heterocycles. The average molecular weight is 373 g/mol. The maximum Gasteiger partial charge on any atom is 0.325 e. The molecule has 0 spiro atoms. The summed E-state index contributed by atoms with van der Waals surface area (Å²) in [6, 6.07) is 8.32. The van der Waals surface area contributed by atoms with Crippen LogP contribution in [0, 0.1) is 0 Å². The molecule has 148 valence electrons. The molecule has 0 aliphatic carbocycles. The van der Waals surface area contributed by atoms with Gasteiger partial charge in [0, 0.05) is 32.7 Å². The van der Waals surface area contributed by atoms with Gasteiger partial charge in [-0.2, -0.15) is 0 Å². The fourth-order valence-corrected chi connectivity index (χ4v) is 3.75. The van der Waals surface area contributed by atoms with E-state index in [1.54, 1.807) is 0 Å². The summed E-state index contributed by atoms with van der Waals surface area (Å²) in [5.74, 6) is 0.486. The van der Waals surface area contributed by atoms with Crippen LogP contribution in [0.5, 0.6) is 0 Å². The number of imide groups is 1. The summed E-state index contributed by atoms with van der Waals surface area (Å²) in [6.45, 7) is 11.5. The maximum atomic E-state index is 12.4. The minimum atomic E-state index is -0.336. The van der Waals surface area contributed by atoms with E-state index in [1.807, 2.05) is 6.92 Å². The van der Waals surface area contributed by atoms with Crippen LogP contribution in [0.3, 0.4) is 0 Å². The molecule has 2 heterocycles. The lowest BCUT2D eigenvalue weighted by atomic mass is 10.0. The van der Waals surface area contributed by atoms with Crippen molar-refractivity contribution in [2.24, 2.45) is 0 Å². The first-order valence-electron chi connectivity index (χ1n) is 10.1. The summed E-state index contributed by atoms with van der Waals surface area (Å²) in [6.07, 6.45) is 1.60. The summed E-state index contributed by atoms with van der Waals surface area (Å²) in [7, 11) is 0. The zero-order chi connectivity index (χ0) is 19.4. The van der Waals surface area contributed by atoms with Crippen LogP contribution in [-0.4, -0.2) is 65.5 Å². The highest BCUT2D eigenvalue weighted by Gasteiger charge is 2.38. The molecular weight excluding hydrogens is 340 g/mol. The lowest BCUT2D eigenvalue weighted by molar-refractivity contribution is -0.129. The number of urea groups is 1. The standard InChI is InChI=1S/C21H32N4O2/c1-4-5-19-20(26)25(21(27)22-19)15-24-12-10-23(11-13-24)14-17-6-8-18(9-7-17)16(2)3/h6-9,16,19H,4-5,10-15H2,1-3H3,(H,22,27)/t19-/m0/s1. The zero-order valence-corrected chi connectivity index (χ0v) is 16.8. The number of nitrogens with zero attached hydrogens (tertiary/aromatic N) is 3. The van der Waals surface area contributed by atoms with Crippen molar-refractivity contribution >= 4 is 11.9 Å². The molecule has 1 atom stereocenters. The van der Waals surface area contributed by atoms with E-state index in [2.05, 4.69) is 53.2 Å². The highest BCUT2D eigenvalue weighted by molar-refractivity contribution is 6.04. The molecule has 0 radical (unpaired) electrons. The van der Waals surface area contributed by atoms with Crippen molar-refractivity contribution < 1.29 is 9.59 Å². The second-order valence-corrected chi connectivity index (χ2v) is 7.99. The van der Waals surface area contributed by atoms with Gasteiger partial charge in [0.05, 0.1) is 6.67 Å². The number of carbonyl (C=O) groups excluding carboxylic acids is 2. The van der Waals surface area contributed by atoms with Crippen LogP contribution in [0.2, 0.25) is 0 Å². The third-order valence-corrected chi connectivity index (χ3v) is 5.54. The summed E-state index contributed by atoms with van der Waals surface area (Å²) in [5.41, 5.74) is 2.71. The monoisotopic (exact) mass is 372 g/mol. The minimum absolute atomic E-state index is 0.0745. The predicted molar refractivity (Wildman–Crippen MR) is 106 cm³/mol. The molecular formula is C21H32N4O2. The first-order valence-corrected chi connectivity index (χ1v) is 10.1. The summed E-state index contributed by atoms with van der Waals surface area (Å²) in [5, 5.41) is 2.80. The molecule has 2 saturated heterocycles. The normalized spacial score (nSPS) is 21.9. The SMILES string of the molecule is CCC[C@@H]1NC(=O)N(CN2CCN(Cc3ccc(C(C)C)cc3)CC2)C1=O. The van der Waals surface area contributed by atoms with Crippen molar-refractivity contribution in [3.05, 3.63) is 35.4 Å². The number of rotatable bonds is 7. The van der Waals surface area contributed by atoms with E-state index in [1.165, 1.54) is 16.0 Å². The van der Waals surface area contributed by atoms with Gasteiger partial charge in [0.15, 0.2) is 0 Å². The van der Waals surface area contributed by atoms with Gasteiger partial charge in [-0.15, -0.1) is 0 Å². The van der Waals surface area contributed by atoms with Crippen LogP contribution < -0.4 is 5.32 Å². The summed E-state index contributed by atoms with van der Waals surface area (Å²) in [4.78, 5) is 30.5. The van der Waals surface area contributed by atoms with Crippen molar-refractivity contribution in [2.75, 3.05) is 32.8 Å². The van der Waals surface area contributed by atoms with Gasteiger partial charge >= 0.3 is 6.03 Å². The molecule has 27 heavy (non-hydrogen) atoms. The molecule has 1 N–H and O–H groups in total. The average Bonchev–Trinajstić information content (AvgIpc) is 2.91. The number of piperazine rings is 1. The number of amides is 3. The van der Waals surface area contributed by atoms with E-state index in [0.717, 1.165) is 39.1 Å². The van der Waals surface area contributed by atoms with Crippen LogP contribution in [0.15, 0.2) is 24.3 Å². The van der Waals surface area contributed by atoms with E-state index in [0.29, 0.717) is 19.0 Å². The number of nitrogens with one attached hydrogen (secondary N) is 1. The number of carbonyl (C=O) groups is 2. The lowest BCUT2D eigenvalue weighted by Crippen LogP contribution is -2.51. The molecule has 6 nitrogen and oxygen atoms in total. The number of hydrogen-bond donors (Lipinski definition) is 1. The van der Waals surface area contributed by atoms with Crippen LogP contribution in [0.1, 0.15) is 50.7 Å². The second-order valence-electron chi connectivity index (χ2n) is 7.99. The molecule has 3 amide bonds. The fourth-order valence-electron chi connectivity index (χ4n) is 3.75. The molecule has 0 unspecified atom stereocenters. The smallest absolute Gasteiger partial charge is 0.325 e. The summed E-state index contributed by atoms with van der Waals surface area (Å²) >= 11 is 0. The lowest BCUT2D eigenvalue weighted by Gasteiger charge is -2.36. The van der Waals surface area contributed by atoms with Crippen molar-refractivity contribution in [1.29, 1.82) is 0 Å².